The topological polar surface area (TPSA) is 17.8 Å². The fourth-order valence-corrected chi connectivity index (χ4v) is 4.52. The van der Waals surface area contributed by atoms with Crippen LogP contribution in [0.4, 0.5) is 0 Å². The highest BCUT2D eigenvalue weighted by molar-refractivity contribution is 9.10. The summed E-state index contributed by atoms with van der Waals surface area (Å²) in [6.07, 6.45) is 2.61. The molecule has 108 valence electrons. The molecule has 3 rings (SSSR count). The zero-order valence-electron chi connectivity index (χ0n) is 11.5. The summed E-state index contributed by atoms with van der Waals surface area (Å²) in [5, 5.41) is -0.0564. The summed E-state index contributed by atoms with van der Waals surface area (Å²) in [6.45, 7) is 3.05. The summed E-state index contributed by atoms with van der Waals surface area (Å²) in [5.74, 6) is 4.33. The monoisotopic (exact) mass is 372 g/mol. The first-order valence-corrected chi connectivity index (χ1v) is 9.41. The first kappa shape index (κ1) is 14.7. The minimum atomic E-state index is -0.0564. The Morgan fingerprint density at radius 2 is 2.20 bits per heavy atom. The summed E-state index contributed by atoms with van der Waals surface area (Å²) in [6, 6.07) is 6.30. The number of hydrogen-bond donors (Lipinski definition) is 0. The van der Waals surface area contributed by atoms with E-state index in [1.54, 1.807) is 0 Å². The zero-order valence-corrected chi connectivity index (χ0v) is 14.6. The molecule has 1 aliphatic rings. The molecule has 2 nitrogen and oxygen atoms in total. The van der Waals surface area contributed by atoms with Crippen LogP contribution in [-0.2, 0) is 6.54 Å². The molecule has 1 atom stereocenters. The standard InChI is InChI=1S/C15H18BrClN2S/c1-10(17)15-18-13-8-12(16)2-3-14(13)19(15)9-11-4-6-20-7-5-11/h2-3,8,10-11H,4-7,9H2,1H3. The number of halogens is 2. The van der Waals surface area contributed by atoms with Crippen LogP contribution in [0.25, 0.3) is 11.0 Å². The van der Waals surface area contributed by atoms with Gasteiger partial charge in [0.1, 0.15) is 5.82 Å². The van der Waals surface area contributed by atoms with Gasteiger partial charge < -0.3 is 4.57 Å². The van der Waals surface area contributed by atoms with E-state index in [0.717, 1.165) is 28.3 Å². The van der Waals surface area contributed by atoms with E-state index in [1.165, 1.54) is 29.9 Å². The smallest absolute Gasteiger partial charge is 0.127 e. The molecule has 0 radical (unpaired) electrons. The summed E-state index contributed by atoms with van der Waals surface area (Å²) >= 11 is 11.9. The fourth-order valence-electron chi connectivity index (χ4n) is 2.80. The Balaban J connectivity index is 1.99. The second kappa shape index (κ2) is 6.29. The lowest BCUT2D eigenvalue weighted by Crippen LogP contribution is -2.18. The first-order valence-electron chi connectivity index (χ1n) is 7.02. The molecular formula is C15H18BrClN2S. The van der Waals surface area contributed by atoms with Crippen molar-refractivity contribution in [2.75, 3.05) is 11.5 Å². The van der Waals surface area contributed by atoms with Crippen molar-refractivity contribution < 1.29 is 0 Å². The number of fused-ring (bicyclic) bond motifs is 1. The lowest BCUT2D eigenvalue weighted by Gasteiger charge is -2.23. The van der Waals surface area contributed by atoms with Gasteiger partial charge in [-0.05, 0) is 55.4 Å². The molecule has 0 saturated carbocycles. The quantitative estimate of drug-likeness (QED) is 0.684. The molecule has 0 spiro atoms. The van der Waals surface area contributed by atoms with Gasteiger partial charge in [0.25, 0.3) is 0 Å². The van der Waals surface area contributed by atoms with Crippen molar-refractivity contribution in [3.8, 4) is 0 Å². The SMILES string of the molecule is CC(Cl)c1nc2cc(Br)ccc2n1CC1CCSCC1. The average molecular weight is 374 g/mol. The van der Waals surface area contributed by atoms with Crippen LogP contribution >= 0.6 is 39.3 Å². The van der Waals surface area contributed by atoms with Gasteiger partial charge in [0, 0.05) is 11.0 Å². The Kier molecular flexibility index (Phi) is 4.63. The van der Waals surface area contributed by atoms with Gasteiger partial charge in [-0.15, -0.1) is 11.6 Å². The van der Waals surface area contributed by atoms with Gasteiger partial charge in [-0.2, -0.15) is 11.8 Å². The van der Waals surface area contributed by atoms with Crippen LogP contribution in [0.3, 0.4) is 0 Å². The third-order valence-electron chi connectivity index (χ3n) is 3.88. The second-order valence-electron chi connectivity index (χ2n) is 5.39. The van der Waals surface area contributed by atoms with Crippen molar-refractivity contribution in [1.82, 2.24) is 9.55 Å². The van der Waals surface area contributed by atoms with Gasteiger partial charge in [-0.3, -0.25) is 0 Å². The lowest BCUT2D eigenvalue weighted by atomic mass is 10.0. The molecule has 1 aromatic heterocycles. The van der Waals surface area contributed by atoms with Crippen molar-refractivity contribution in [2.45, 2.75) is 31.7 Å². The zero-order chi connectivity index (χ0) is 14.1. The van der Waals surface area contributed by atoms with E-state index in [1.807, 2.05) is 6.92 Å². The highest BCUT2D eigenvalue weighted by Gasteiger charge is 2.20. The van der Waals surface area contributed by atoms with E-state index in [9.17, 15) is 0 Å². The Labute approximate surface area is 137 Å². The molecule has 0 amide bonds. The predicted octanol–water partition coefficient (Wildman–Crippen LogP) is 5.24. The minimum Gasteiger partial charge on any atom is -0.326 e. The molecule has 2 aromatic rings. The summed E-state index contributed by atoms with van der Waals surface area (Å²) < 4.78 is 3.40. The van der Waals surface area contributed by atoms with Gasteiger partial charge in [-0.25, -0.2) is 4.98 Å². The van der Waals surface area contributed by atoms with Crippen LogP contribution in [-0.4, -0.2) is 21.1 Å². The van der Waals surface area contributed by atoms with Crippen LogP contribution in [0, 0.1) is 5.92 Å². The van der Waals surface area contributed by atoms with E-state index in [2.05, 4.69) is 50.5 Å². The van der Waals surface area contributed by atoms with Crippen LogP contribution in [0.1, 0.15) is 31.0 Å². The Hall–Kier alpha value is -0.190. The highest BCUT2D eigenvalue weighted by Crippen LogP contribution is 2.30. The van der Waals surface area contributed by atoms with Gasteiger partial charge in [-0.1, -0.05) is 15.9 Å². The molecule has 1 aliphatic heterocycles. The number of benzene rings is 1. The number of alkyl halides is 1. The third kappa shape index (κ3) is 3.02. The fraction of sp³-hybridized carbons (Fsp3) is 0.533. The first-order chi connectivity index (χ1) is 9.65. The molecular weight excluding hydrogens is 356 g/mol. The minimum absolute atomic E-state index is 0.0564. The van der Waals surface area contributed by atoms with Crippen molar-refractivity contribution >= 4 is 50.3 Å². The maximum Gasteiger partial charge on any atom is 0.127 e. The van der Waals surface area contributed by atoms with E-state index >= 15 is 0 Å². The maximum atomic E-state index is 6.34. The molecule has 2 heterocycles. The number of nitrogens with zero attached hydrogens (tertiary/aromatic N) is 2. The Morgan fingerprint density at radius 3 is 2.90 bits per heavy atom. The molecule has 1 saturated heterocycles. The van der Waals surface area contributed by atoms with Crippen molar-refractivity contribution in [1.29, 1.82) is 0 Å². The van der Waals surface area contributed by atoms with Crippen LogP contribution < -0.4 is 0 Å². The van der Waals surface area contributed by atoms with Crippen molar-refractivity contribution in [3.05, 3.63) is 28.5 Å². The van der Waals surface area contributed by atoms with E-state index in [4.69, 9.17) is 16.6 Å². The molecule has 0 N–H and O–H groups in total. The van der Waals surface area contributed by atoms with Crippen molar-refractivity contribution in [3.63, 3.8) is 0 Å². The maximum absolute atomic E-state index is 6.34. The molecule has 5 heteroatoms. The molecule has 1 unspecified atom stereocenters. The number of hydrogen-bond acceptors (Lipinski definition) is 2. The summed E-state index contributed by atoms with van der Waals surface area (Å²) in [7, 11) is 0. The number of rotatable bonds is 3. The van der Waals surface area contributed by atoms with Gasteiger partial charge in [0.05, 0.1) is 16.4 Å². The van der Waals surface area contributed by atoms with E-state index in [0.29, 0.717) is 0 Å². The van der Waals surface area contributed by atoms with Gasteiger partial charge in [0.2, 0.25) is 0 Å². The Morgan fingerprint density at radius 1 is 1.45 bits per heavy atom. The summed E-state index contributed by atoms with van der Waals surface area (Å²) in [4.78, 5) is 4.73. The normalized spacial score (nSPS) is 18.6. The largest absolute Gasteiger partial charge is 0.326 e. The van der Waals surface area contributed by atoms with E-state index < -0.39 is 0 Å². The second-order valence-corrected chi connectivity index (χ2v) is 8.18. The Bertz CT molecular complexity index is 605. The van der Waals surface area contributed by atoms with E-state index in [-0.39, 0.29) is 5.38 Å². The van der Waals surface area contributed by atoms with Crippen LogP contribution in [0.2, 0.25) is 0 Å². The van der Waals surface area contributed by atoms with Gasteiger partial charge in [0.15, 0.2) is 0 Å². The molecule has 20 heavy (non-hydrogen) atoms. The number of thioether (sulfide) groups is 1. The number of imidazole rings is 1. The number of aromatic nitrogens is 2. The molecule has 0 aliphatic carbocycles. The molecule has 1 aromatic carbocycles. The van der Waals surface area contributed by atoms with Crippen LogP contribution in [0.5, 0.6) is 0 Å². The highest BCUT2D eigenvalue weighted by atomic mass is 79.9. The predicted molar refractivity (Wildman–Crippen MR) is 91.8 cm³/mol. The average Bonchev–Trinajstić information content (AvgIpc) is 2.78. The van der Waals surface area contributed by atoms with Crippen molar-refractivity contribution in [2.24, 2.45) is 5.92 Å². The van der Waals surface area contributed by atoms with Gasteiger partial charge >= 0.3 is 0 Å². The lowest BCUT2D eigenvalue weighted by molar-refractivity contribution is 0.415. The molecule has 1 fully saturated rings. The molecule has 0 bridgehead atoms. The third-order valence-corrected chi connectivity index (χ3v) is 5.61. The van der Waals surface area contributed by atoms with Crippen LogP contribution in [0.15, 0.2) is 22.7 Å². The summed E-state index contributed by atoms with van der Waals surface area (Å²) in [5.41, 5.74) is 2.24.